The van der Waals surface area contributed by atoms with Gasteiger partial charge in [0.1, 0.15) is 0 Å². The minimum Gasteiger partial charge on any atom is -0.305 e. The maximum atomic E-state index is 4.57. The Bertz CT molecular complexity index is 1720. The number of hydrogen-bond donors (Lipinski definition) is 0. The number of nitrogens with zero attached hydrogens (tertiary/aromatic N) is 2. The first kappa shape index (κ1) is 30.0. The molecule has 0 aliphatic carbocycles. The summed E-state index contributed by atoms with van der Waals surface area (Å²) in [6, 6.07) is 34.1. The van der Waals surface area contributed by atoms with E-state index in [4.69, 9.17) is 0 Å². The molecule has 6 aromatic rings. The summed E-state index contributed by atoms with van der Waals surface area (Å²) in [6.45, 7) is 13.7. The SMILES string of the molecule is CC(C)c1ccc(-c2[c-]cccc2)nc1.Cc1ccnc(-c2[c-]ccc3c2sc2ccc([Si](C)(C)C)cc23)c1.[Ir]. The van der Waals surface area contributed by atoms with Crippen LogP contribution in [0.25, 0.3) is 42.7 Å². The van der Waals surface area contributed by atoms with Crippen LogP contribution in [0.4, 0.5) is 0 Å². The zero-order valence-corrected chi connectivity index (χ0v) is 28.1. The van der Waals surface area contributed by atoms with Crippen molar-refractivity contribution in [2.75, 3.05) is 0 Å². The van der Waals surface area contributed by atoms with E-state index in [9.17, 15) is 0 Å². The third kappa shape index (κ3) is 6.67. The van der Waals surface area contributed by atoms with Gasteiger partial charge >= 0.3 is 0 Å². The summed E-state index contributed by atoms with van der Waals surface area (Å²) < 4.78 is 2.64. The predicted octanol–water partition coefficient (Wildman–Crippen LogP) is 9.44. The molecule has 40 heavy (non-hydrogen) atoms. The molecule has 0 unspecified atom stereocenters. The van der Waals surface area contributed by atoms with Gasteiger partial charge in [0.25, 0.3) is 0 Å². The fourth-order valence-electron chi connectivity index (χ4n) is 4.53. The summed E-state index contributed by atoms with van der Waals surface area (Å²) in [5, 5.41) is 4.21. The number of aryl methyl sites for hydroxylation is 1. The van der Waals surface area contributed by atoms with Gasteiger partial charge in [-0.3, -0.25) is 0 Å². The van der Waals surface area contributed by atoms with Gasteiger partial charge in [-0.15, -0.1) is 59.7 Å². The molecule has 0 atom stereocenters. The van der Waals surface area contributed by atoms with E-state index >= 15 is 0 Å². The van der Waals surface area contributed by atoms with Crippen LogP contribution in [-0.4, -0.2) is 18.0 Å². The van der Waals surface area contributed by atoms with E-state index < -0.39 is 8.07 Å². The maximum Gasteiger partial charge on any atom is 0.0776 e. The van der Waals surface area contributed by atoms with Crippen LogP contribution in [0.1, 0.15) is 30.9 Å². The molecule has 2 nitrogen and oxygen atoms in total. The maximum absolute atomic E-state index is 4.57. The summed E-state index contributed by atoms with van der Waals surface area (Å²) in [5.74, 6) is 0.534. The standard InChI is InChI=1S/C21H20NSSi.C14H14N.Ir/c1-14-10-11-22-19(12-14)17-7-5-6-16-18-13-15(24(2,3)4)8-9-20(18)23-21(16)17;1-11(2)13-8-9-14(15-10-13)12-6-4-3-5-7-12;/h5-6,8-13H,1-4H3;3-6,8-11H,1-2H3;/q2*-1;. The van der Waals surface area contributed by atoms with E-state index in [0.717, 1.165) is 22.5 Å². The van der Waals surface area contributed by atoms with E-state index in [-0.39, 0.29) is 20.1 Å². The molecule has 0 spiro atoms. The van der Waals surface area contributed by atoms with Crippen LogP contribution in [0.3, 0.4) is 0 Å². The van der Waals surface area contributed by atoms with Gasteiger partial charge in [0.05, 0.1) is 8.07 Å². The van der Waals surface area contributed by atoms with Gasteiger partial charge in [0, 0.05) is 37.2 Å². The van der Waals surface area contributed by atoms with E-state index in [1.807, 2.05) is 60.1 Å². The zero-order valence-electron chi connectivity index (χ0n) is 23.9. The number of aromatic nitrogens is 2. The first-order valence-corrected chi connectivity index (χ1v) is 17.8. The molecule has 205 valence electrons. The summed E-state index contributed by atoms with van der Waals surface area (Å²) >= 11 is 1.85. The molecule has 0 N–H and O–H groups in total. The molecule has 0 saturated heterocycles. The Morgan fingerprint density at radius 2 is 1.62 bits per heavy atom. The first-order valence-electron chi connectivity index (χ1n) is 13.4. The van der Waals surface area contributed by atoms with Crippen molar-refractivity contribution in [1.29, 1.82) is 0 Å². The van der Waals surface area contributed by atoms with E-state index in [2.05, 4.69) is 105 Å². The number of fused-ring (bicyclic) bond motifs is 3. The van der Waals surface area contributed by atoms with Crippen LogP contribution >= 0.6 is 11.3 Å². The molecule has 0 fully saturated rings. The smallest absolute Gasteiger partial charge is 0.0776 e. The number of hydrogen-bond acceptors (Lipinski definition) is 3. The number of pyridine rings is 2. The van der Waals surface area contributed by atoms with Crippen LogP contribution < -0.4 is 5.19 Å². The predicted molar refractivity (Wildman–Crippen MR) is 172 cm³/mol. The molecule has 5 heteroatoms. The Labute approximate surface area is 256 Å². The van der Waals surface area contributed by atoms with E-state index in [1.165, 1.54) is 36.5 Å². The second kappa shape index (κ2) is 12.7. The molecule has 1 radical (unpaired) electrons. The van der Waals surface area contributed by atoms with Gasteiger partial charge in [-0.25, -0.2) is 0 Å². The molecule has 0 aliphatic heterocycles. The van der Waals surface area contributed by atoms with Crippen LogP contribution in [0, 0.1) is 19.1 Å². The van der Waals surface area contributed by atoms with Crippen molar-refractivity contribution >= 4 is 44.8 Å². The van der Waals surface area contributed by atoms with Crippen molar-refractivity contribution in [3.8, 4) is 22.5 Å². The molecule has 0 aliphatic rings. The van der Waals surface area contributed by atoms with Crippen LogP contribution in [0.5, 0.6) is 0 Å². The average Bonchev–Trinajstić information content (AvgIpc) is 3.32. The number of benzene rings is 3. The Morgan fingerprint density at radius 1 is 0.800 bits per heavy atom. The fraction of sp³-hybridized carbons (Fsp3) is 0.200. The quantitative estimate of drug-likeness (QED) is 0.133. The normalized spacial score (nSPS) is 11.3. The first-order chi connectivity index (χ1) is 18.7. The molecule has 3 aromatic carbocycles. The van der Waals surface area contributed by atoms with Gasteiger partial charge in [-0.2, -0.15) is 11.3 Å². The zero-order chi connectivity index (χ0) is 27.6. The van der Waals surface area contributed by atoms with Crippen LogP contribution in [-0.2, 0) is 20.1 Å². The summed E-state index contributed by atoms with van der Waals surface area (Å²) in [7, 11) is -1.31. The summed E-state index contributed by atoms with van der Waals surface area (Å²) in [6.07, 6.45) is 3.83. The van der Waals surface area contributed by atoms with Gasteiger partial charge in [-0.1, -0.05) is 80.0 Å². The van der Waals surface area contributed by atoms with Crippen molar-refractivity contribution in [3.05, 3.63) is 115 Å². The Balaban J connectivity index is 0.000000200. The minimum absolute atomic E-state index is 0. The molecular weight excluding hydrogens is 701 g/mol. The average molecular weight is 735 g/mol. The summed E-state index contributed by atoms with van der Waals surface area (Å²) in [4.78, 5) is 9.01. The van der Waals surface area contributed by atoms with Crippen molar-refractivity contribution in [1.82, 2.24) is 9.97 Å². The topological polar surface area (TPSA) is 25.8 Å². The van der Waals surface area contributed by atoms with Gasteiger partial charge in [-0.05, 0) is 52.0 Å². The molecule has 0 saturated carbocycles. The van der Waals surface area contributed by atoms with Crippen molar-refractivity contribution < 1.29 is 20.1 Å². The molecule has 0 amide bonds. The minimum atomic E-state index is -1.31. The number of rotatable bonds is 4. The largest absolute Gasteiger partial charge is 0.305 e. The van der Waals surface area contributed by atoms with Gasteiger partial charge in [0.2, 0.25) is 0 Å². The third-order valence-electron chi connectivity index (χ3n) is 6.91. The summed E-state index contributed by atoms with van der Waals surface area (Å²) in [5.41, 5.74) is 6.67. The second-order valence-corrected chi connectivity index (χ2v) is 17.4. The molecular formula is C35H34IrN2SSi-2. The fourth-order valence-corrected chi connectivity index (χ4v) is 6.88. The Morgan fingerprint density at radius 3 is 2.27 bits per heavy atom. The Hall–Kier alpha value is -2.95. The van der Waals surface area contributed by atoms with Gasteiger partial charge in [0.15, 0.2) is 0 Å². The Kier molecular flexibility index (Phi) is 9.53. The second-order valence-electron chi connectivity index (χ2n) is 11.3. The van der Waals surface area contributed by atoms with E-state index in [1.54, 1.807) is 0 Å². The van der Waals surface area contributed by atoms with Crippen LogP contribution in [0.15, 0.2) is 91.3 Å². The molecule has 6 rings (SSSR count). The van der Waals surface area contributed by atoms with Crippen LogP contribution in [0.2, 0.25) is 19.6 Å². The van der Waals surface area contributed by atoms with Crippen molar-refractivity contribution in [3.63, 3.8) is 0 Å². The van der Waals surface area contributed by atoms with Crippen molar-refractivity contribution in [2.24, 2.45) is 0 Å². The number of thiophene rings is 1. The van der Waals surface area contributed by atoms with Gasteiger partial charge < -0.3 is 9.97 Å². The molecule has 0 bridgehead atoms. The monoisotopic (exact) mass is 735 g/mol. The molecule has 3 aromatic heterocycles. The van der Waals surface area contributed by atoms with Crippen molar-refractivity contribution in [2.45, 2.75) is 46.3 Å². The molecule has 3 heterocycles. The third-order valence-corrected chi connectivity index (χ3v) is 10.2. The van der Waals surface area contributed by atoms with E-state index in [0.29, 0.717) is 5.92 Å².